The molecule has 18 heavy (non-hydrogen) atoms. The van der Waals surface area contributed by atoms with Crippen LogP contribution in [-0.2, 0) is 6.54 Å². The summed E-state index contributed by atoms with van der Waals surface area (Å²) in [6.45, 7) is 4.44. The summed E-state index contributed by atoms with van der Waals surface area (Å²) in [6.07, 6.45) is 5.48. The van der Waals surface area contributed by atoms with E-state index in [1.165, 1.54) is 0 Å². The maximum Gasteiger partial charge on any atom is 0.207 e. The van der Waals surface area contributed by atoms with E-state index in [0.717, 1.165) is 21.9 Å². The highest BCUT2D eigenvalue weighted by atomic mass is 79.9. The normalized spacial score (nSPS) is 10.1. The molecule has 1 N–H and O–H groups in total. The molecule has 0 amide bonds. The third-order valence-corrected chi connectivity index (χ3v) is 3.15. The van der Waals surface area contributed by atoms with E-state index in [9.17, 15) is 0 Å². The van der Waals surface area contributed by atoms with Crippen molar-refractivity contribution in [3.63, 3.8) is 0 Å². The van der Waals surface area contributed by atoms with Crippen LogP contribution in [0, 0.1) is 0 Å². The number of imidazole rings is 1. The van der Waals surface area contributed by atoms with Crippen molar-refractivity contribution in [3.8, 4) is 5.75 Å². The number of methoxy groups -OCH3 is 1. The van der Waals surface area contributed by atoms with Crippen LogP contribution in [0.1, 0.15) is 0 Å². The van der Waals surface area contributed by atoms with Gasteiger partial charge in [0.1, 0.15) is 5.75 Å². The Morgan fingerprint density at radius 1 is 1.56 bits per heavy atom. The molecule has 0 radical (unpaired) electrons. The molecule has 1 aromatic carbocycles. The summed E-state index contributed by atoms with van der Waals surface area (Å²) in [6, 6.07) is 5.74. The molecule has 5 heteroatoms. The van der Waals surface area contributed by atoms with Crippen molar-refractivity contribution < 1.29 is 4.74 Å². The van der Waals surface area contributed by atoms with Gasteiger partial charge in [-0.15, -0.1) is 6.58 Å². The predicted molar refractivity (Wildman–Crippen MR) is 76.4 cm³/mol. The van der Waals surface area contributed by atoms with Crippen LogP contribution in [-0.4, -0.2) is 16.7 Å². The monoisotopic (exact) mass is 307 g/mol. The molecule has 2 rings (SSSR count). The maximum atomic E-state index is 5.20. The molecule has 0 saturated carbocycles. The molecule has 0 spiro atoms. The maximum absolute atomic E-state index is 5.20. The van der Waals surface area contributed by atoms with E-state index in [2.05, 4.69) is 32.8 Å². The Morgan fingerprint density at radius 3 is 3.11 bits per heavy atom. The Labute approximate surface area is 114 Å². The SMILES string of the molecule is C=CCn1ccnc1Nc1cc(OC)ccc1Br. The minimum Gasteiger partial charge on any atom is -0.497 e. The van der Waals surface area contributed by atoms with E-state index in [-0.39, 0.29) is 0 Å². The van der Waals surface area contributed by atoms with E-state index >= 15 is 0 Å². The summed E-state index contributed by atoms with van der Waals surface area (Å²) < 4.78 is 8.13. The quantitative estimate of drug-likeness (QED) is 0.858. The number of anilines is 2. The fraction of sp³-hybridized carbons (Fsp3) is 0.154. The molecule has 0 aliphatic rings. The van der Waals surface area contributed by atoms with Crippen molar-refractivity contribution in [1.29, 1.82) is 0 Å². The Hall–Kier alpha value is -1.75. The largest absolute Gasteiger partial charge is 0.497 e. The average molecular weight is 308 g/mol. The van der Waals surface area contributed by atoms with Gasteiger partial charge in [-0.05, 0) is 28.1 Å². The zero-order valence-electron chi connectivity index (χ0n) is 10.1. The van der Waals surface area contributed by atoms with Crippen LogP contribution >= 0.6 is 15.9 Å². The lowest BCUT2D eigenvalue weighted by molar-refractivity contribution is 0.415. The molecule has 0 aliphatic carbocycles. The third kappa shape index (κ3) is 2.73. The van der Waals surface area contributed by atoms with Crippen molar-refractivity contribution >= 4 is 27.6 Å². The van der Waals surface area contributed by atoms with Crippen LogP contribution in [0.25, 0.3) is 0 Å². The molecule has 0 bridgehead atoms. The predicted octanol–water partition coefficient (Wildman–Crippen LogP) is 3.58. The third-order valence-electron chi connectivity index (χ3n) is 2.46. The fourth-order valence-electron chi connectivity index (χ4n) is 1.57. The number of benzene rings is 1. The van der Waals surface area contributed by atoms with Gasteiger partial charge in [-0.25, -0.2) is 4.98 Å². The van der Waals surface area contributed by atoms with Crippen LogP contribution in [0.15, 0.2) is 47.7 Å². The second kappa shape index (κ2) is 5.73. The zero-order chi connectivity index (χ0) is 13.0. The molecular weight excluding hydrogens is 294 g/mol. The molecule has 4 nitrogen and oxygen atoms in total. The van der Waals surface area contributed by atoms with Crippen molar-refractivity contribution in [2.75, 3.05) is 12.4 Å². The molecule has 1 heterocycles. The Bertz CT molecular complexity index is 551. The molecule has 0 saturated heterocycles. The van der Waals surface area contributed by atoms with E-state index < -0.39 is 0 Å². The first-order chi connectivity index (χ1) is 8.74. The number of hydrogen-bond donors (Lipinski definition) is 1. The van der Waals surface area contributed by atoms with E-state index in [1.807, 2.05) is 35.0 Å². The summed E-state index contributed by atoms with van der Waals surface area (Å²) >= 11 is 3.49. The molecule has 1 aromatic heterocycles. The highest BCUT2D eigenvalue weighted by Crippen LogP contribution is 2.29. The lowest BCUT2D eigenvalue weighted by Gasteiger charge is -2.11. The van der Waals surface area contributed by atoms with Gasteiger partial charge >= 0.3 is 0 Å². The Morgan fingerprint density at radius 2 is 2.39 bits per heavy atom. The standard InChI is InChI=1S/C13H14BrN3O/c1-3-7-17-8-6-15-13(17)16-12-9-10(18-2)4-5-11(12)14/h3-6,8-9H,1,7H2,2H3,(H,15,16). The van der Waals surface area contributed by atoms with Gasteiger partial charge < -0.3 is 14.6 Å². The number of hydrogen-bond acceptors (Lipinski definition) is 3. The molecule has 94 valence electrons. The minimum atomic E-state index is 0.712. The van der Waals surface area contributed by atoms with E-state index in [0.29, 0.717) is 6.54 Å². The topological polar surface area (TPSA) is 39.1 Å². The van der Waals surface area contributed by atoms with E-state index in [1.54, 1.807) is 13.3 Å². The van der Waals surface area contributed by atoms with Gasteiger partial charge in [0.2, 0.25) is 5.95 Å². The summed E-state index contributed by atoms with van der Waals surface area (Å²) in [5.74, 6) is 1.56. The van der Waals surface area contributed by atoms with Crippen molar-refractivity contribution in [2.45, 2.75) is 6.54 Å². The van der Waals surface area contributed by atoms with Crippen molar-refractivity contribution in [2.24, 2.45) is 0 Å². The molecule has 0 unspecified atom stereocenters. The van der Waals surface area contributed by atoms with Gasteiger partial charge in [-0.2, -0.15) is 0 Å². The van der Waals surface area contributed by atoms with E-state index in [4.69, 9.17) is 4.74 Å². The molecule has 0 aliphatic heterocycles. The summed E-state index contributed by atoms with van der Waals surface area (Å²) in [4.78, 5) is 4.27. The smallest absolute Gasteiger partial charge is 0.207 e. The lowest BCUT2D eigenvalue weighted by Crippen LogP contribution is -2.02. The van der Waals surface area contributed by atoms with Gasteiger partial charge in [0.05, 0.1) is 12.8 Å². The first-order valence-corrected chi connectivity index (χ1v) is 6.26. The lowest BCUT2D eigenvalue weighted by atomic mass is 10.3. The van der Waals surface area contributed by atoms with Crippen LogP contribution in [0.5, 0.6) is 5.75 Å². The summed E-state index contributed by atoms with van der Waals surface area (Å²) in [5.41, 5.74) is 0.908. The van der Waals surface area contributed by atoms with Crippen LogP contribution in [0.4, 0.5) is 11.6 Å². The first kappa shape index (κ1) is 12.7. The number of halogens is 1. The van der Waals surface area contributed by atoms with Gasteiger partial charge in [-0.1, -0.05) is 6.08 Å². The van der Waals surface area contributed by atoms with Gasteiger partial charge in [0.25, 0.3) is 0 Å². The number of allylic oxidation sites excluding steroid dienone is 1. The van der Waals surface area contributed by atoms with Gasteiger partial charge in [-0.3, -0.25) is 0 Å². The highest BCUT2D eigenvalue weighted by Gasteiger charge is 2.06. The Kier molecular flexibility index (Phi) is 4.04. The zero-order valence-corrected chi connectivity index (χ0v) is 11.6. The fourth-order valence-corrected chi connectivity index (χ4v) is 1.91. The van der Waals surface area contributed by atoms with Gasteiger partial charge in [0.15, 0.2) is 0 Å². The number of nitrogens with zero attached hydrogens (tertiary/aromatic N) is 2. The second-order valence-corrected chi connectivity index (χ2v) is 4.52. The summed E-state index contributed by atoms with van der Waals surface area (Å²) in [7, 11) is 1.64. The first-order valence-electron chi connectivity index (χ1n) is 5.47. The van der Waals surface area contributed by atoms with Crippen LogP contribution in [0.3, 0.4) is 0 Å². The molecule has 2 aromatic rings. The van der Waals surface area contributed by atoms with Gasteiger partial charge in [0, 0.05) is 29.5 Å². The number of rotatable bonds is 5. The van der Waals surface area contributed by atoms with Crippen LogP contribution in [0.2, 0.25) is 0 Å². The average Bonchev–Trinajstić information content (AvgIpc) is 2.80. The van der Waals surface area contributed by atoms with Crippen molar-refractivity contribution in [3.05, 3.63) is 47.7 Å². The number of ether oxygens (including phenoxy) is 1. The molecule has 0 atom stereocenters. The minimum absolute atomic E-state index is 0.712. The second-order valence-electron chi connectivity index (χ2n) is 3.66. The Balaban J connectivity index is 2.27. The van der Waals surface area contributed by atoms with Crippen LogP contribution < -0.4 is 10.1 Å². The highest BCUT2D eigenvalue weighted by molar-refractivity contribution is 9.10. The number of aromatic nitrogens is 2. The summed E-state index contributed by atoms with van der Waals surface area (Å²) in [5, 5.41) is 3.26. The molecular formula is C13H14BrN3O. The van der Waals surface area contributed by atoms with Crippen molar-refractivity contribution in [1.82, 2.24) is 9.55 Å². The molecule has 0 fully saturated rings. The number of nitrogens with one attached hydrogen (secondary N) is 1.